The lowest BCUT2D eigenvalue weighted by Crippen LogP contribution is -2.17. The molecule has 0 fully saturated rings. The van der Waals surface area contributed by atoms with Crippen LogP contribution in [0.15, 0.2) is 65.2 Å². The fraction of sp³-hybridized carbons (Fsp3) is 0.333. The van der Waals surface area contributed by atoms with Gasteiger partial charge in [-0.2, -0.15) is 0 Å². The van der Waals surface area contributed by atoms with Crippen molar-refractivity contribution in [1.82, 2.24) is 0 Å². The second kappa shape index (κ2) is 9.48. The van der Waals surface area contributed by atoms with E-state index < -0.39 is 0 Å². The van der Waals surface area contributed by atoms with Gasteiger partial charge in [0, 0.05) is 11.3 Å². The Morgan fingerprint density at radius 3 is 2.40 bits per heavy atom. The molecule has 1 aliphatic rings. The Kier molecular flexibility index (Phi) is 6.77. The summed E-state index contributed by atoms with van der Waals surface area (Å²) in [4.78, 5) is 17.2. The van der Waals surface area contributed by atoms with Crippen molar-refractivity contribution in [2.75, 3.05) is 25.6 Å². The third-order valence-electron chi connectivity index (χ3n) is 4.57. The molecule has 3 rings (SSSR count). The third-order valence-corrected chi connectivity index (χ3v) is 4.57. The molecule has 2 aromatic rings. The van der Waals surface area contributed by atoms with E-state index in [1.807, 2.05) is 68.4 Å². The Labute approximate surface area is 177 Å². The molecule has 1 N–H and O–H groups in total. The van der Waals surface area contributed by atoms with Crippen LogP contribution in [0.25, 0.3) is 5.70 Å². The van der Waals surface area contributed by atoms with Crippen LogP contribution in [0.4, 0.5) is 5.69 Å². The molecule has 0 aliphatic carbocycles. The zero-order chi connectivity index (χ0) is 21.6. The van der Waals surface area contributed by atoms with Gasteiger partial charge in [0.1, 0.15) is 12.4 Å². The average molecular weight is 408 g/mol. The predicted molar refractivity (Wildman–Crippen MR) is 119 cm³/mol. The summed E-state index contributed by atoms with van der Waals surface area (Å²) in [5.41, 5.74) is 2.83. The molecule has 1 aliphatic heterocycles. The van der Waals surface area contributed by atoms with Crippen molar-refractivity contribution >= 4 is 23.3 Å². The fourth-order valence-electron chi connectivity index (χ4n) is 3.11. The number of ether oxygens (including phenoxy) is 3. The number of methoxy groups -OCH3 is 1. The Balaban J connectivity index is 2.13. The summed E-state index contributed by atoms with van der Waals surface area (Å²) in [6.07, 6.45) is 0.0456. The summed E-state index contributed by atoms with van der Waals surface area (Å²) in [5.74, 6) is 0.882. The molecule has 0 amide bonds. The fourth-order valence-corrected chi connectivity index (χ4v) is 3.11. The van der Waals surface area contributed by atoms with Gasteiger partial charge in [0.2, 0.25) is 5.90 Å². The number of nitrogens with zero attached hydrogens (tertiary/aromatic N) is 1. The number of esters is 1. The minimum atomic E-state index is -0.354. The number of aliphatic imine (C=N–C) groups is 1. The van der Waals surface area contributed by atoms with Crippen molar-refractivity contribution in [3.63, 3.8) is 0 Å². The van der Waals surface area contributed by atoms with Crippen LogP contribution in [-0.2, 0) is 14.3 Å². The molecule has 0 saturated heterocycles. The van der Waals surface area contributed by atoms with Gasteiger partial charge >= 0.3 is 5.97 Å². The van der Waals surface area contributed by atoms with Gasteiger partial charge in [-0.15, -0.1) is 0 Å². The summed E-state index contributed by atoms with van der Waals surface area (Å²) in [6.45, 7) is 6.56. The van der Waals surface area contributed by atoms with E-state index in [9.17, 15) is 4.79 Å². The van der Waals surface area contributed by atoms with Gasteiger partial charge in [-0.1, -0.05) is 18.2 Å². The molecular weight excluding hydrogens is 380 g/mol. The quantitative estimate of drug-likeness (QED) is 0.643. The summed E-state index contributed by atoms with van der Waals surface area (Å²) in [6, 6.07) is 17.4. The first kappa shape index (κ1) is 21.4. The van der Waals surface area contributed by atoms with Gasteiger partial charge in [0.15, 0.2) is 0 Å². The minimum Gasteiger partial charge on any atom is -0.497 e. The van der Waals surface area contributed by atoms with E-state index in [1.165, 1.54) is 0 Å². The third kappa shape index (κ3) is 5.41. The Morgan fingerprint density at radius 2 is 1.83 bits per heavy atom. The van der Waals surface area contributed by atoms with Crippen LogP contribution in [0.3, 0.4) is 0 Å². The second-order valence-corrected chi connectivity index (χ2v) is 7.57. The molecule has 1 heterocycles. The number of hydrogen-bond donors (Lipinski definition) is 1. The van der Waals surface area contributed by atoms with Crippen LogP contribution in [0.2, 0.25) is 0 Å². The van der Waals surface area contributed by atoms with Gasteiger partial charge in [-0.25, -0.2) is 4.99 Å². The van der Waals surface area contributed by atoms with Crippen molar-refractivity contribution < 1.29 is 19.0 Å². The molecule has 0 aromatic heterocycles. The van der Waals surface area contributed by atoms with E-state index in [2.05, 4.69) is 5.32 Å². The van der Waals surface area contributed by atoms with Crippen LogP contribution in [0.1, 0.15) is 32.8 Å². The van der Waals surface area contributed by atoms with Gasteiger partial charge in [0.05, 0.1) is 31.4 Å². The van der Waals surface area contributed by atoms with Crippen molar-refractivity contribution in [3.05, 3.63) is 65.7 Å². The normalized spacial score (nSPS) is 15.5. The monoisotopic (exact) mass is 408 g/mol. The number of hydrogen-bond acceptors (Lipinski definition) is 6. The first-order valence-corrected chi connectivity index (χ1v) is 10.00. The van der Waals surface area contributed by atoms with E-state index in [0.29, 0.717) is 24.7 Å². The van der Waals surface area contributed by atoms with Crippen LogP contribution < -0.4 is 10.1 Å². The predicted octanol–water partition coefficient (Wildman–Crippen LogP) is 4.68. The Bertz CT molecular complexity index is 931. The van der Waals surface area contributed by atoms with E-state index in [1.54, 1.807) is 14.0 Å². The highest BCUT2D eigenvalue weighted by Gasteiger charge is 2.31. The highest BCUT2D eigenvalue weighted by atomic mass is 16.5. The standard InChI is InChI=1S/C24H28N2O4/c1-5-29-21(27)15-20(23-26-24(2,3)16-30-23)22(25-18-9-7-6-8-10-18)17-11-13-19(28-4)14-12-17/h6-14,25H,5,15-16H2,1-4H3/b22-20-. The maximum atomic E-state index is 12.4. The summed E-state index contributed by atoms with van der Waals surface area (Å²) >= 11 is 0. The number of carbonyl (C=O) groups excluding carboxylic acids is 1. The molecule has 2 aromatic carbocycles. The van der Waals surface area contributed by atoms with Crippen LogP contribution >= 0.6 is 0 Å². The maximum absolute atomic E-state index is 12.4. The van der Waals surface area contributed by atoms with Crippen LogP contribution in [0, 0.1) is 0 Å². The van der Waals surface area contributed by atoms with Crippen LogP contribution in [-0.4, -0.2) is 37.7 Å². The molecule has 0 saturated carbocycles. The van der Waals surface area contributed by atoms with Crippen molar-refractivity contribution in [2.24, 2.45) is 4.99 Å². The topological polar surface area (TPSA) is 69.2 Å². The SMILES string of the molecule is CCOC(=O)C/C(C1=NC(C)(C)CO1)=C(/Nc1ccccc1)c1ccc(OC)cc1. The first-order valence-electron chi connectivity index (χ1n) is 10.00. The Hall–Kier alpha value is -3.28. The van der Waals surface area contributed by atoms with E-state index in [-0.39, 0.29) is 17.9 Å². The smallest absolute Gasteiger partial charge is 0.310 e. The molecule has 0 spiro atoms. The summed E-state index contributed by atoms with van der Waals surface area (Å²) in [5, 5.41) is 3.45. The summed E-state index contributed by atoms with van der Waals surface area (Å²) < 4.78 is 16.4. The lowest BCUT2D eigenvalue weighted by atomic mass is 10.0. The van der Waals surface area contributed by atoms with Crippen molar-refractivity contribution in [1.29, 1.82) is 0 Å². The average Bonchev–Trinajstić information content (AvgIpc) is 3.11. The van der Waals surface area contributed by atoms with Crippen molar-refractivity contribution in [2.45, 2.75) is 32.7 Å². The molecule has 158 valence electrons. The Morgan fingerprint density at radius 1 is 1.13 bits per heavy atom. The number of anilines is 1. The number of benzene rings is 2. The van der Waals surface area contributed by atoms with Gasteiger partial charge in [-0.3, -0.25) is 4.79 Å². The number of nitrogens with one attached hydrogen (secondary N) is 1. The number of rotatable bonds is 8. The molecule has 0 bridgehead atoms. The largest absolute Gasteiger partial charge is 0.497 e. The molecular formula is C24H28N2O4. The zero-order valence-electron chi connectivity index (χ0n) is 17.9. The first-order chi connectivity index (χ1) is 14.4. The zero-order valence-corrected chi connectivity index (χ0v) is 17.9. The number of para-hydroxylation sites is 1. The number of carbonyl (C=O) groups is 1. The van der Waals surface area contributed by atoms with E-state index in [4.69, 9.17) is 19.2 Å². The van der Waals surface area contributed by atoms with Gasteiger partial charge in [-0.05, 0) is 62.7 Å². The second-order valence-electron chi connectivity index (χ2n) is 7.57. The molecule has 0 unspecified atom stereocenters. The highest BCUT2D eigenvalue weighted by molar-refractivity contribution is 6.07. The maximum Gasteiger partial charge on any atom is 0.310 e. The lowest BCUT2D eigenvalue weighted by molar-refractivity contribution is -0.142. The van der Waals surface area contributed by atoms with Gasteiger partial charge < -0.3 is 19.5 Å². The molecule has 6 nitrogen and oxygen atoms in total. The molecule has 6 heteroatoms. The lowest BCUT2D eigenvalue weighted by Gasteiger charge is -2.18. The van der Waals surface area contributed by atoms with Crippen molar-refractivity contribution in [3.8, 4) is 5.75 Å². The van der Waals surface area contributed by atoms with Crippen LogP contribution in [0.5, 0.6) is 5.75 Å². The van der Waals surface area contributed by atoms with E-state index >= 15 is 0 Å². The van der Waals surface area contributed by atoms with Gasteiger partial charge in [0.25, 0.3) is 0 Å². The van der Waals surface area contributed by atoms with E-state index in [0.717, 1.165) is 22.7 Å². The molecule has 0 atom stereocenters. The summed E-state index contributed by atoms with van der Waals surface area (Å²) in [7, 11) is 1.63. The molecule has 0 radical (unpaired) electrons. The minimum absolute atomic E-state index is 0.0456. The highest BCUT2D eigenvalue weighted by Crippen LogP contribution is 2.30. The molecule has 30 heavy (non-hydrogen) atoms.